The molecule has 0 radical (unpaired) electrons. The summed E-state index contributed by atoms with van der Waals surface area (Å²) in [6, 6.07) is 0. The number of aromatic amines is 2. The van der Waals surface area contributed by atoms with Crippen molar-refractivity contribution in [2.24, 2.45) is 5.92 Å². The number of imidazole rings is 1. The van der Waals surface area contributed by atoms with Crippen LogP contribution in [0.15, 0.2) is 17.8 Å². The minimum absolute atomic E-state index is 0.724. The van der Waals surface area contributed by atoms with Crippen LogP contribution in [0.4, 0.5) is 0 Å². The highest BCUT2D eigenvalue weighted by molar-refractivity contribution is 7.71. The van der Waals surface area contributed by atoms with Crippen molar-refractivity contribution >= 4 is 12.2 Å². The highest BCUT2D eigenvalue weighted by Gasteiger charge is 2.16. The monoisotopic (exact) mass is 194 g/mol. The molecule has 2 nitrogen and oxygen atoms in total. The van der Waals surface area contributed by atoms with Crippen LogP contribution in [0.25, 0.3) is 0 Å². The van der Waals surface area contributed by atoms with Crippen LogP contribution in [0.2, 0.25) is 0 Å². The third-order valence-corrected chi connectivity index (χ3v) is 2.96. The topological polar surface area (TPSA) is 31.6 Å². The lowest BCUT2D eigenvalue weighted by atomic mass is 9.97. The van der Waals surface area contributed by atoms with Gasteiger partial charge in [-0.1, -0.05) is 11.6 Å². The van der Waals surface area contributed by atoms with E-state index in [1.165, 1.54) is 24.1 Å². The van der Waals surface area contributed by atoms with Crippen LogP contribution in [-0.4, -0.2) is 9.97 Å². The van der Waals surface area contributed by atoms with E-state index >= 15 is 0 Å². The van der Waals surface area contributed by atoms with Gasteiger partial charge in [-0.25, -0.2) is 0 Å². The Bertz CT molecular complexity index is 372. The molecule has 0 aromatic carbocycles. The summed E-state index contributed by atoms with van der Waals surface area (Å²) in [5.41, 5.74) is 2.75. The third-order valence-electron chi connectivity index (χ3n) is 2.74. The molecule has 70 valence electrons. The van der Waals surface area contributed by atoms with Gasteiger partial charge in [-0.2, -0.15) is 0 Å². The van der Waals surface area contributed by atoms with E-state index in [0.29, 0.717) is 0 Å². The minimum atomic E-state index is 0.724. The Kier molecular flexibility index (Phi) is 2.36. The van der Waals surface area contributed by atoms with Gasteiger partial charge in [0.15, 0.2) is 4.77 Å². The highest BCUT2D eigenvalue weighted by Crippen LogP contribution is 2.27. The summed E-state index contributed by atoms with van der Waals surface area (Å²) in [6.45, 7) is 2.22. The maximum Gasteiger partial charge on any atom is 0.174 e. The number of hydrogen-bond acceptors (Lipinski definition) is 1. The van der Waals surface area contributed by atoms with Crippen LogP contribution in [0, 0.1) is 10.7 Å². The SMILES string of the molecule is CC1=CCCC1Cc1c[nH]c(=S)[nH]1. The van der Waals surface area contributed by atoms with Crippen molar-refractivity contribution in [1.29, 1.82) is 0 Å². The maximum atomic E-state index is 4.98. The van der Waals surface area contributed by atoms with Gasteiger partial charge in [0.2, 0.25) is 0 Å². The van der Waals surface area contributed by atoms with Crippen LogP contribution in [0.5, 0.6) is 0 Å². The van der Waals surface area contributed by atoms with Crippen molar-refractivity contribution < 1.29 is 0 Å². The molecule has 1 aromatic heterocycles. The number of aromatic nitrogens is 2. The van der Waals surface area contributed by atoms with Gasteiger partial charge in [0.05, 0.1) is 0 Å². The minimum Gasteiger partial charge on any atom is -0.337 e. The molecule has 0 aliphatic heterocycles. The Labute approximate surface area is 83.1 Å². The second kappa shape index (κ2) is 3.50. The lowest BCUT2D eigenvalue weighted by Gasteiger charge is -2.09. The van der Waals surface area contributed by atoms with Gasteiger partial charge < -0.3 is 9.97 Å². The standard InChI is InChI=1S/C10H14N2S/c1-7-3-2-4-8(7)5-9-6-11-10(13)12-9/h3,6,8H,2,4-5H2,1H3,(H2,11,12,13). The van der Waals surface area contributed by atoms with Gasteiger partial charge in [-0.3, -0.25) is 0 Å². The highest BCUT2D eigenvalue weighted by atomic mass is 32.1. The first-order chi connectivity index (χ1) is 6.25. The summed E-state index contributed by atoms with van der Waals surface area (Å²) < 4.78 is 0.731. The average Bonchev–Trinajstić information content (AvgIpc) is 2.64. The van der Waals surface area contributed by atoms with Crippen molar-refractivity contribution in [1.82, 2.24) is 9.97 Å². The predicted molar refractivity (Wildman–Crippen MR) is 56.2 cm³/mol. The molecule has 13 heavy (non-hydrogen) atoms. The molecule has 1 heterocycles. The zero-order chi connectivity index (χ0) is 9.26. The number of nitrogens with one attached hydrogen (secondary N) is 2. The molecule has 0 spiro atoms. The van der Waals surface area contributed by atoms with E-state index in [0.717, 1.165) is 17.1 Å². The van der Waals surface area contributed by atoms with E-state index in [4.69, 9.17) is 12.2 Å². The quantitative estimate of drug-likeness (QED) is 0.550. The van der Waals surface area contributed by atoms with Crippen molar-refractivity contribution in [3.05, 3.63) is 28.3 Å². The van der Waals surface area contributed by atoms with Gasteiger partial charge >= 0.3 is 0 Å². The summed E-state index contributed by atoms with van der Waals surface area (Å²) in [4.78, 5) is 6.15. The molecule has 1 aliphatic carbocycles. The fraction of sp³-hybridized carbons (Fsp3) is 0.500. The molecule has 3 heteroatoms. The van der Waals surface area contributed by atoms with E-state index in [-0.39, 0.29) is 0 Å². The summed E-state index contributed by atoms with van der Waals surface area (Å²) in [7, 11) is 0. The van der Waals surface area contributed by atoms with Crippen LogP contribution in [0.1, 0.15) is 25.5 Å². The van der Waals surface area contributed by atoms with E-state index in [2.05, 4.69) is 23.0 Å². The first-order valence-electron chi connectivity index (χ1n) is 4.69. The predicted octanol–water partition coefficient (Wildman–Crippen LogP) is 2.97. The summed E-state index contributed by atoms with van der Waals surface area (Å²) >= 11 is 4.98. The third kappa shape index (κ3) is 1.91. The van der Waals surface area contributed by atoms with E-state index < -0.39 is 0 Å². The Morgan fingerprint density at radius 1 is 1.62 bits per heavy atom. The molecule has 0 bridgehead atoms. The largest absolute Gasteiger partial charge is 0.337 e. The fourth-order valence-corrected chi connectivity index (χ4v) is 2.11. The van der Waals surface area contributed by atoms with E-state index in [1.807, 2.05) is 6.20 Å². The van der Waals surface area contributed by atoms with Crippen molar-refractivity contribution in [3.8, 4) is 0 Å². The first kappa shape index (κ1) is 8.75. The molecule has 2 rings (SSSR count). The molecule has 1 unspecified atom stereocenters. The number of allylic oxidation sites excluding steroid dienone is 2. The summed E-state index contributed by atoms with van der Waals surface area (Å²) in [5.74, 6) is 0.724. The molecule has 0 saturated heterocycles. The zero-order valence-corrected chi connectivity index (χ0v) is 8.58. The summed E-state index contributed by atoms with van der Waals surface area (Å²) in [6.07, 6.45) is 7.94. The van der Waals surface area contributed by atoms with Gasteiger partial charge in [0, 0.05) is 11.9 Å². The molecular weight excluding hydrogens is 180 g/mol. The van der Waals surface area contributed by atoms with Crippen molar-refractivity contribution in [2.45, 2.75) is 26.2 Å². The molecule has 0 fully saturated rings. The zero-order valence-electron chi connectivity index (χ0n) is 7.76. The van der Waals surface area contributed by atoms with Crippen LogP contribution in [-0.2, 0) is 6.42 Å². The first-order valence-corrected chi connectivity index (χ1v) is 5.10. The Hall–Kier alpha value is -0.830. The van der Waals surface area contributed by atoms with Crippen LogP contribution < -0.4 is 0 Å². The molecule has 1 aromatic rings. The van der Waals surface area contributed by atoms with Crippen LogP contribution in [0.3, 0.4) is 0 Å². The Morgan fingerprint density at radius 2 is 2.46 bits per heavy atom. The van der Waals surface area contributed by atoms with Gasteiger partial charge in [-0.15, -0.1) is 0 Å². The van der Waals surface area contributed by atoms with Crippen molar-refractivity contribution in [2.75, 3.05) is 0 Å². The number of hydrogen-bond donors (Lipinski definition) is 2. The molecule has 2 N–H and O–H groups in total. The molecule has 1 aliphatic rings. The Morgan fingerprint density at radius 3 is 3.00 bits per heavy atom. The fourth-order valence-electron chi connectivity index (χ4n) is 1.92. The molecule has 1 atom stereocenters. The van der Waals surface area contributed by atoms with Crippen molar-refractivity contribution in [3.63, 3.8) is 0 Å². The lowest BCUT2D eigenvalue weighted by Crippen LogP contribution is -2.01. The van der Waals surface area contributed by atoms with Gasteiger partial charge in [0.25, 0.3) is 0 Å². The van der Waals surface area contributed by atoms with E-state index in [9.17, 15) is 0 Å². The lowest BCUT2D eigenvalue weighted by molar-refractivity contribution is 0.594. The molecule has 0 amide bonds. The number of H-pyrrole nitrogens is 2. The Balaban J connectivity index is 2.06. The molecule has 0 saturated carbocycles. The van der Waals surface area contributed by atoms with Gasteiger partial charge in [0.1, 0.15) is 0 Å². The van der Waals surface area contributed by atoms with E-state index in [1.54, 1.807) is 0 Å². The number of rotatable bonds is 2. The summed E-state index contributed by atoms with van der Waals surface area (Å²) in [5, 5.41) is 0. The normalized spacial score (nSPS) is 21.9. The smallest absolute Gasteiger partial charge is 0.174 e. The second-order valence-corrected chi connectivity index (χ2v) is 4.10. The second-order valence-electron chi connectivity index (χ2n) is 3.69. The average molecular weight is 194 g/mol. The van der Waals surface area contributed by atoms with Crippen LogP contribution >= 0.6 is 12.2 Å². The molecular formula is C10H14N2S. The maximum absolute atomic E-state index is 4.98. The van der Waals surface area contributed by atoms with Gasteiger partial charge in [-0.05, 0) is 44.3 Å².